The van der Waals surface area contributed by atoms with Gasteiger partial charge in [-0.2, -0.15) is 0 Å². The van der Waals surface area contributed by atoms with E-state index in [1.165, 1.54) is 6.07 Å². The summed E-state index contributed by atoms with van der Waals surface area (Å²) in [6, 6.07) is 8.85. The van der Waals surface area contributed by atoms with E-state index >= 15 is 0 Å². The van der Waals surface area contributed by atoms with E-state index in [2.05, 4.69) is 20.7 Å². The number of hydrogen-bond donors (Lipinski definition) is 2. The van der Waals surface area contributed by atoms with Crippen LogP contribution < -0.4 is 4.72 Å². The van der Waals surface area contributed by atoms with Crippen LogP contribution in [0.2, 0.25) is 0 Å². The molecular formula is C13H14BrNO4S. The minimum atomic E-state index is -3.69. The lowest BCUT2D eigenvalue weighted by molar-refractivity contribution is 0.245. The van der Waals surface area contributed by atoms with Crippen molar-refractivity contribution in [3.05, 3.63) is 51.9 Å². The number of furan rings is 1. The number of halogens is 1. The highest BCUT2D eigenvalue weighted by Gasteiger charge is 2.22. The van der Waals surface area contributed by atoms with Crippen LogP contribution in [-0.2, 0) is 23.2 Å². The summed E-state index contributed by atoms with van der Waals surface area (Å²) in [5, 5.41) is 8.95. The Bertz CT molecular complexity index is 692. The lowest BCUT2D eigenvalue weighted by atomic mass is 10.2. The van der Waals surface area contributed by atoms with Crippen molar-refractivity contribution in [2.24, 2.45) is 0 Å². The summed E-state index contributed by atoms with van der Waals surface area (Å²) in [5.74, 6) is 0.188. The molecule has 0 bridgehead atoms. The number of nitrogens with one attached hydrogen (secondary N) is 1. The van der Waals surface area contributed by atoms with Gasteiger partial charge in [0, 0.05) is 12.6 Å². The molecule has 20 heavy (non-hydrogen) atoms. The Kier molecular flexibility index (Phi) is 4.64. The Labute approximate surface area is 125 Å². The molecule has 2 aromatic rings. The second-order valence-electron chi connectivity index (χ2n) is 4.32. The van der Waals surface area contributed by atoms with Gasteiger partial charge in [-0.25, -0.2) is 13.1 Å². The van der Waals surface area contributed by atoms with Crippen molar-refractivity contribution in [2.45, 2.75) is 25.0 Å². The van der Waals surface area contributed by atoms with Crippen molar-refractivity contribution < 1.29 is 17.9 Å². The molecule has 0 unspecified atom stereocenters. The smallest absolute Gasteiger partial charge is 0.245 e. The SMILES string of the molecule is Cc1ccc(CNS(=O)(=O)c2cc(CO)oc2Br)cc1. The van der Waals surface area contributed by atoms with E-state index in [0.29, 0.717) is 0 Å². The highest BCUT2D eigenvalue weighted by atomic mass is 79.9. The second kappa shape index (κ2) is 6.09. The van der Waals surface area contributed by atoms with E-state index in [0.717, 1.165) is 11.1 Å². The van der Waals surface area contributed by atoms with Crippen LogP contribution in [0.5, 0.6) is 0 Å². The number of aliphatic hydroxyl groups is 1. The van der Waals surface area contributed by atoms with Crippen LogP contribution in [-0.4, -0.2) is 13.5 Å². The molecule has 1 aromatic heterocycles. The van der Waals surface area contributed by atoms with Crippen LogP contribution >= 0.6 is 15.9 Å². The lowest BCUT2D eigenvalue weighted by Crippen LogP contribution is -2.23. The average molecular weight is 360 g/mol. The first-order chi connectivity index (χ1) is 9.42. The van der Waals surface area contributed by atoms with E-state index < -0.39 is 10.0 Å². The van der Waals surface area contributed by atoms with Gasteiger partial charge in [-0.15, -0.1) is 0 Å². The van der Waals surface area contributed by atoms with Gasteiger partial charge in [0.2, 0.25) is 10.0 Å². The van der Waals surface area contributed by atoms with Crippen molar-refractivity contribution >= 4 is 26.0 Å². The third-order valence-electron chi connectivity index (χ3n) is 2.74. The van der Waals surface area contributed by atoms with Crippen molar-refractivity contribution in [2.75, 3.05) is 0 Å². The number of rotatable bonds is 5. The van der Waals surface area contributed by atoms with E-state index in [1.54, 1.807) is 0 Å². The Morgan fingerprint density at radius 1 is 1.30 bits per heavy atom. The summed E-state index contributed by atoms with van der Waals surface area (Å²) >= 11 is 3.03. The van der Waals surface area contributed by atoms with Gasteiger partial charge < -0.3 is 9.52 Å². The van der Waals surface area contributed by atoms with Crippen LogP contribution in [0.3, 0.4) is 0 Å². The fourth-order valence-electron chi connectivity index (χ4n) is 1.62. The van der Waals surface area contributed by atoms with Gasteiger partial charge >= 0.3 is 0 Å². The monoisotopic (exact) mass is 359 g/mol. The van der Waals surface area contributed by atoms with E-state index in [4.69, 9.17) is 9.52 Å². The molecule has 0 aliphatic rings. The Balaban J connectivity index is 2.14. The Hall–Kier alpha value is -1.15. The zero-order chi connectivity index (χ0) is 14.8. The first-order valence-electron chi connectivity index (χ1n) is 5.86. The maximum Gasteiger partial charge on any atom is 0.245 e. The Morgan fingerprint density at radius 2 is 1.95 bits per heavy atom. The van der Waals surface area contributed by atoms with Crippen LogP contribution in [0.4, 0.5) is 0 Å². The Morgan fingerprint density at radius 3 is 2.50 bits per heavy atom. The summed E-state index contributed by atoms with van der Waals surface area (Å²) in [4.78, 5) is -0.0198. The molecule has 2 N–H and O–H groups in total. The quantitative estimate of drug-likeness (QED) is 0.858. The van der Waals surface area contributed by atoms with E-state index in [1.807, 2.05) is 31.2 Å². The summed E-state index contributed by atoms with van der Waals surface area (Å²) in [5.41, 5.74) is 1.97. The molecule has 0 spiro atoms. The first-order valence-corrected chi connectivity index (χ1v) is 8.14. The molecule has 0 saturated heterocycles. The fourth-order valence-corrected chi connectivity index (χ4v) is 3.63. The standard InChI is InChI=1S/C13H14BrNO4S/c1-9-2-4-10(5-3-9)7-15-20(17,18)12-6-11(8-16)19-13(12)14/h2-6,15-16H,7-8H2,1H3. The van der Waals surface area contributed by atoms with Crippen molar-refractivity contribution in [1.82, 2.24) is 4.72 Å². The molecule has 7 heteroatoms. The topological polar surface area (TPSA) is 79.5 Å². The average Bonchev–Trinajstić information content (AvgIpc) is 2.80. The largest absolute Gasteiger partial charge is 0.450 e. The second-order valence-corrected chi connectivity index (χ2v) is 6.77. The molecule has 0 amide bonds. The number of sulfonamides is 1. The first kappa shape index (κ1) is 15.2. The summed E-state index contributed by atoms with van der Waals surface area (Å²) < 4.78 is 31.9. The molecule has 0 aliphatic carbocycles. The summed E-state index contributed by atoms with van der Waals surface area (Å²) in [7, 11) is -3.69. The number of aryl methyl sites for hydroxylation is 1. The van der Waals surface area contributed by atoms with Crippen LogP contribution in [0.15, 0.2) is 44.3 Å². The molecule has 0 saturated carbocycles. The minimum Gasteiger partial charge on any atom is -0.450 e. The van der Waals surface area contributed by atoms with Gasteiger partial charge in [0.15, 0.2) is 4.67 Å². The van der Waals surface area contributed by atoms with Gasteiger partial charge in [-0.05, 0) is 28.4 Å². The molecule has 5 nitrogen and oxygen atoms in total. The molecule has 0 fully saturated rings. The third-order valence-corrected chi connectivity index (χ3v) is 5.00. The number of hydrogen-bond acceptors (Lipinski definition) is 4. The molecule has 0 atom stereocenters. The third kappa shape index (κ3) is 3.49. The highest BCUT2D eigenvalue weighted by Crippen LogP contribution is 2.26. The van der Waals surface area contributed by atoms with Crippen LogP contribution in [0, 0.1) is 6.92 Å². The zero-order valence-electron chi connectivity index (χ0n) is 10.8. The van der Waals surface area contributed by atoms with Gasteiger partial charge in [0.05, 0.1) is 0 Å². The van der Waals surface area contributed by atoms with Gasteiger partial charge in [0.1, 0.15) is 17.3 Å². The maximum absolute atomic E-state index is 12.1. The van der Waals surface area contributed by atoms with Gasteiger partial charge in [0.25, 0.3) is 0 Å². The van der Waals surface area contributed by atoms with Crippen molar-refractivity contribution in [3.63, 3.8) is 0 Å². The summed E-state index contributed by atoms with van der Waals surface area (Å²) in [6.07, 6.45) is 0. The predicted octanol–water partition coefficient (Wildman–Crippen LogP) is 2.32. The van der Waals surface area contributed by atoms with Gasteiger partial charge in [-0.3, -0.25) is 0 Å². The molecule has 2 rings (SSSR count). The molecular weight excluding hydrogens is 346 g/mol. The normalized spacial score (nSPS) is 11.8. The summed E-state index contributed by atoms with van der Waals surface area (Å²) in [6.45, 7) is 1.80. The van der Waals surface area contributed by atoms with Gasteiger partial charge in [-0.1, -0.05) is 29.8 Å². The molecule has 0 aliphatic heterocycles. The zero-order valence-corrected chi connectivity index (χ0v) is 13.2. The molecule has 1 heterocycles. The van der Waals surface area contributed by atoms with E-state index in [-0.39, 0.29) is 28.5 Å². The predicted molar refractivity (Wildman–Crippen MR) is 77.5 cm³/mol. The van der Waals surface area contributed by atoms with E-state index in [9.17, 15) is 8.42 Å². The van der Waals surface area contributed by atoms with Crippen LogP contribution in [0.1, 0.15) is 16.9 Å². The van der Waals surface area contributed by atoms with Crippen molar-refractivity contribution in [3.8, 4) is 0 Å². The molecule has 108 valence electrons. The lowest BCUT2D eigenvalue weighted by Gasteiger charge is -2.05. The number of benzene rings is 1. The minimum absolute atomic E-state index is 0.0198. The van der Waals surface area contributed by atoms with Crippen LogP contribution in [0.25, 0.3) is 0 Å². The maximum atomic E-state index is 12.1. The van der Waals surface area contributed by atoms with Crippen molar-refractivity contribution in [1.29, 1.82) is 0 Å². The molecule has 1 aromatic carbocycles. The fraction of sp³-hybridized carbons (Fsp3) is 0.231. The highest BCUT2D eigenvalue weighted by molar-refractivity contribution is 9.10. The number of aliphatic hydroxyl groups excluding tert-OH is 1. The molecule has 0 radical (unpaired) electrons.